The van der Waals surface area contributed by atoms with Gasteiger partial charge in [0.05, 0.1) is 15.9 Å². The van der Waals surface area contributed by atoms with Crippen molar-refractivity contribution < 1.29 is 0 Å². The summed E-state index contributed by atoms with van der Waals surface area (Å²) in [7, 11) is 0. The van der Waals surface area contributed by atoms with E-state index < -0.39 is 0 Å². The molecule has 18 heavy (non-hydrogen) atoms. The molecule has 0 aromatic carbocycles. The molecule has 1 saturated heterocycles. The van der Waals surface area contributed by atoms with Gasteiger partial charge in [0, 0.05) is 36.7 Å². The number of rotatable bonds is 3. The second-order valence-electron chi connectivity index (χ2n) is 5.11. The van der Waals surface area contributed by atoms with Gasteiger partial charge in [-0.25, -0.2) is 0 Å². The van der Waals surface area contributed by atoms with E-state index in [9.17, 15) is 0 Å². The Morgan fingerprint density at radius 3 is 2.50 bits per heavy atom. The van der Waals surface area contributed by atoms with Crippen molar-refractivity contribution in [2.75, 3.05) is 13.1 Å². The topological polar surface area (TPSA) is 21.1 Å². The molecular formula is C13H22BrN3S. The number of hydrogen-bond donors (Lipinski definition) is 0. The molecule has 1 aromatic rings. The average molecular weight is 332 g/mol. The Morgan fingerprint density at radius 1 is 1.33 bits per heavy atom. The maximum absolute atomic E-state index is 4.57. The van der Waals surface area contributed by atoms with Crippen LogP contribution in [0.1, 0.15) is 32.2 Å². The summed E-state index contributed by atoms with van der Waals surface area (Å²) < 4.78 is 3.30. The fourth-order valence-electron chi connectivity index (χ4n) is 2.65. The predicted octanol–water partition coefficient (Wildman–Crippen LogP) is 3.30. The molecule has 1 aliphatic rings. The molecule has 0 aliphatic carbocycles. The quantitative estimate of drug-likeness (QED) is 0.847. The fraction of sp³-hybridized carbons (Fsp3) is 0.769. The largest absolute Gasteiger partial charge is 0.295 e. The Labute approximate surface area is 122 Å². The molecule has 2 unspecified atom stereocenters. The molecule has 5 heteroatoms. The number of aryl methyl sites for hydroxylation is 2. The summed E-state index contributed by atoms with van der Waals surface area (Å²) >= 11 is 5.78. The molecule has 0 saturated carbocycles. The highest BCUT2D eigenvalue weighted by Gasteiger charge is 2.24. The highest BCUT2D eigenvalue weighted by Crippen LogP contribution is 2.28. The lowest BCUT2D eigenvalue weighted by atomic mass is 10.3. The monoisotopic (exact) mass is 331 g/mol. The van der Waals surface area contributed by atoms with Crippen LogP contribution in [0.2, 0.25) is 0 Å². The molecule has 0 bridgehead atoms. The normalized spacial score (nSPS) is 25.6. The number of aromatic nitrogens is 2. The van der Waals surface area contributed by atoms with Gasteiger partial charge in [0.15, 0.2) is 0 Å². The van der Waals surface area contributed by atoms with Crippen LogP contribution in [0.15, 0.2) is 4.47 Å². The zero-order valence-electron chi connectivity index (χ0n) is 11.6. The van der Waals surface area contributed by atoms with E-state index in [0.29, 0.717) is 0 Å². The van der Waals surface area contributed by atoms with E-state index in [1.54, 1.807) is 0 Å². The summed E-state index contributed by atoms with van der Waals surface area (Å²) in [5, 5.41) is 6.03. The Morgan fingerprint density at radius 2 is 1.94 bits per heavy atom. The molecule has 0 radical (unpaired) electrons. The first-order chi connectivity index (χ1) is 8.51. The van der Waals surface area contributed by atoms with Crippen LogP contribution in [0.4, 0.5) is 0 Å². The molecule has 0 amide bonds. The molecule has 102 valence electrons. The Kier molecular flexibility index (Phi) is 4.78. The van der Waals surface area contributed by atoms with Crippen molar-refractivity contribution >= 4 is 27.7 Å². The van der Waals surface area contributed by atoms with Crippen LogP contribution in [-0.2, 0) is 13.1 Å². The molecule has 2 atom stereocenters. The average Bonchev–Trinajstić information content (AvgIpc) is 2.55. The zero-order chi connectivity index (χ0) is 13.3. The molecule has 0 spiro atoms. The van der Waals surface area contributed by atoms with Crippen LogP contribution < -0.4 is 0 Å². The number of halogens is 1. The van der Waals surface area contributed by atoms with Gasteiger partial charge in [-0.3, -0.25) is 9.58 Å². The summed E-state index contributed by atoms with van der Waals surface area (Å²) in [5.41, 5.74) is 2.42. The first-order valence-electron chi connectivity index (χ1n) is 6.60. The second kappa shape index (κ2) is 5.97. The Bertz CT molecular complexity index is 409. The van der Waals surface area contributed by atoms with Crippen LogP contribution >= 0.6 is 27.7 Å². The van der Waals surface area contributed by atoms with Crippen LogP contribution in [0.3, 0.4) is 0 Å². The van der Waals surface area contributed by atoms with Crippen molar-refractivity contribution in [2.45, 2.75) is 51.3 Å². The summed E-state index contributed by atoms with van der Waals surface area (Å²) in [6.45, 7) is 13.2. The third-order valence-corrected chi connectivity index (χ3v) is 5.58. The highest BCUT2D eigenvalue weighted by atomic mass is 79.9. The molecule has 3 nitrogen and oxygen atoms in total. The lowest BCUT2D eigenvalue weighted by molar-refractivity contribution is 0.254. The summed E-state index contributed by atoms with van der Waals surface area (Å²) in [6.07, 6.45) is 0. The van der Waals surface area contributed by atoms with Crippen molar-refractivity contribution in [1.29, 1.82) is 0 Å². The van der Waals surface area contributed by atoms with Gasteiger partial charge in [0.1, 0.15) is 0 Å². The molecule has 2 rings (SSSR count). The molecule has 1 aromatic heterocycles. The first-order valence-corrected chi connectivity index (χ1v) is 8.34. The number of thioether (sulfide) groups is 1. The second-order valence-corrected chi connectivity index (χ2v) is 7.79. The van der Waals surface area contributed by atoms with Gasteiger partial charge in [0.2, 0.25) is 0 Å². The van der Waals surface area contributed by atoms with Crippen molar-refractivity contribution in [3.05, 3.63) is 15.9 Å². The number of nitrogens with zero attached hydrogens (tertiary/aromatic N) is 3. The maximum Gasteiger partial charge on any atom is 0.0739 e. The van der Waals surface area contributed by atoms with Gasteiger partial charge in [0.25, 0.3) is 0 Å². The van der Waals surface area contributed by atoms with Gasteiger partial charge >= 0.3 is 0 Å². The van der Waals surface area contributed by atoms with Crippen molar-refractivity contribution in [3.63, 3.8) is 0 Å². The smallest absolute Gasteiger partial charge is 0.0739 e. The maximum atomic E-state index is 4.57. The summed E-state index contributed by atoms with van der Waals surface area (Å²) in [5.74, 6) is 0. The summed E-state index contributed by atoms with van der Waals surface area (Å²) in [4.78, 5) is 2.55. The predicted molar refractivity (Wildman–Crippen MR) is 82.1 cm³/mol. The van der Waals surface area contributed by atoms with E-state index in [4.69, 9.17) is 0 Å². The zero-order valence-corrected chi connectivity index (χ0v) is 14.0. The molecular weight excluding hydrogens is 310 g/mol. The molecule has 1 aliphatic heterocycles. The van der Waals surface area contributed by atoms with E-state index in [1.165, 1.54) is 23.3 Å². The Balaban J connectivity index is 2.13. The third kappa shape index (κ3) is 3.11. The van der Waals surface area contributed by atoms with Crippen LogP contribution in [0.5, 0.6) is 0 Å². The van der Waals surface area contributed by atoms with Gasteiger partial charge in [-0.05, 0) is 29.8 Å². The minimum Gasteiger partial charge on any atom is -0.295 e. The minimum absolute atomic E-state index is 0.728. The van der Waals surface area contributed by atoms with Crippen molar-refractivity contribution in [1.82, 2.24) is 14.7 Å². The van der Waals surface area contributed by atoms with Gasteiger partial charge in [-0.2, -0.15) is 16.9 Å². The van der Waals surface area contributed by atoms with Crippen LogP contribution in [0.25, 0.3) is 0 Å². The lowest BCUT2D eigenvalue weighted by Gasteiger charge is -2.34. The van der Waals surface area contributed by atoms with E-state index in [2.05, 4.69) is 70.1 Å². The third-order valence-electron chi connectivity index (χ3n) is 3.32. The standard InChI is InChI=1S/C13H22BrN3S/c1-5-17-12(13(14)11(4)15-17)8-16-6-9(2)18-10(3)7-16/h9-10H,5-8H2,1-4H3. The van der Waals surface area contributed by atoms with E-state index >= 15 is 0 Å². The fourth-order valence-corrected chi connectivity index (χ4v) is 4.44. The Hall–Kier alpha value is -0.0000000000000000555. The molecule has 1 fully saturated rings. The van der Waals surface area contributed by atoms with E-state index in [1.807, 2.05) is 0 Å². The number of hydrogen-bond acceptors (Lipinski definition) is 3. The van der Waals surface area contributed by atoms with Crippen LogP contribution in [-0.4, -0.2) is 38.3 Å². The van der Waals surface area contributed by atoms with Crippen molar-refractivity contribution in [2.24, 2.45) is 0 Å². The molecule has 2 heterocycles. The SMILES string of the molecule is CCn1nc(C)c(Br)c1CN1CC(C)SC(C)C1. The molecule has 0 N–H and O–H groups in total. The summed E-state index contributed by atoms with van der Waals surface area (Å²) in [6, 6.07) is 0. The highest BCUT2D eigenvalue weighted by molar-refractivity contribution is 9.10. The lowest BCUT2D eigenvalue weighted by Crippen LogP contribution is -2.40. The van der Waals surface area contributed by atoms with Crippen molar-refractivity contribution in [3.8, 4) is 0 Å². The van der Waals surface area contributed by atoms with Gasteiger partial charge in [-0.1, -0.05) is 13.8 Å². The van der Waals surface area contributed by atoms with Gasteiger partial charge in [-0.15, -0.1) is 0 Å². The van der Waals surface area contributed by atoms with E-state index in [0.717, 1.165) is 29.3 Å². The first kappa shape index (κ1) is 14.4. The van der Waals surface area contributed by atoms with E-state index in [-0.39, 0.29) is 0 Å². The van der Waals surface area contributed by atoms with Crippen LogP contribution in [0, 0.1) is 6.92 Å². The minimum atomic E-state index is 0.728. The van der Waals surface area contributed by atoms with Gasteiger partial charge < -0.3 is 0 Å².